The second-order valence-electron chi connectivity index (χ2n) is 10.2. The Morgan fingerprint density at radius 3 is 2.49 bits per heavy atom. The summed E-state index contributed by atoms with van der Waals surface area (Å²) in [7, 11) is 1.56. The molecule has 0 atom stereocenters. The molecular weight excluding hydrogens is 492 g/mol. The second-order valence-corrected chi connectivity index (χ2v) is 11.1. The fraction of sp³-hybridized carbons (Fsp3) is 0.444. The number of benzene rings is 1. The van der Waals surface area contributed by atoms with Crippen LogP contribution in [0.25, 0.3) is 11.3 Å². The van der Waals surface area contributed by atoms with Crippen molar-refractivity contribution in [3.63, 3.8) is 0 Å². The maximum Gasteiger partial charge on any atom is 0.326 e. The van der Waals surface area contributed by atoms with E-state index in [0.29, 0.717) is 35.8 Å². The molecule has 9 nitrogen and oxygen atoms in total. The van der Waals surface area contributed by atoms with Crippen molar-refractivity contribution in [3.05, 3.63) is 57.7 Å². The van der Waals surface area contributed by atoms with Crippen LogP contribution in [-0.4, -0.2) is 70.0 Å². The average Bonchev–Trinajstić information content (AvgIpc) is 3.50. The van der Waals surface area contributed by atoms with Crippen molar-refractivity contribution < 1.29 is 23.6 Å². The van der Waals surface area contributed by atoms with Gasteiger partial charge < -0.3 is 19.1 Å². The van der Waals surface area contributed by atoms with E-state index in [1.807, 2.05) is 35.2 Å². The van der Waals surface area contributed by atoms with E-state index in [2.05, 4.69) is 10.1 Å². The lowest BCUT2D eigenvalue weighted by molar-refractivity contribution is -0.155. The van der Waals surface area contributed by atoms with Crippen LogP contribution in [0.4, 0.5) is 0 Å². The Morgan fingerprint density at radius 2 is 1.84 bits per heavy atom. The molecule has 3 aromatic rings. The standard InChI is InChI=1S/C27H32N4O5S/c1-17-22(23(29-36-17)18-9-7-6-8-10-18)26(34)31-13-11-19(12-14-31)24-28-20(16-37-24)25(33)30(5)15-21(32)35-27(2,3)4/h6-10,16,19H,11-15H2,1-5H3. The fourth-order valence-electron chi connectivity index (χ4n) is 4.31. The van der Waals surface area contributed by atoms with E-state index in [0.717, 1.165) is 23.4 Å². The molecule has 1 aromatic carbocycles. The molecule has 0 saturated carbocycles. The summed E-state index contributed by atoms with van der Waals surface area (Å²) in [5.41, 5.74) is 1.61. The number of piperidine rings is 1. The molecule has 196 valence electrons. The Labute approximate surface area is 220 Å². The molecule has 2 amide bonds. The Hall–Kier alpha value is -3.53. The Kier molecular flexibility index (Phi) is 7.77. The molecule has 37 heavy (non-hydrogen) atoms. The van der Waals surface area contributed by atoms with Crippen LogP contribution in [0.3, 0.4) is 0 Å². The van der Waals surface area contributed by atoms with Crippen molar-refractivity contribution in [3.8, 4) is 11.3 Å². The van der Waals surface area contributed by atoms with Crippen molar-refractivity contribution in [2.75, 3.05) is 26.7 Å². The van der Waals surface area contributed by atoms with Gasteiger partial charge in [0.15, 0.2) is 0 Å². The van der Waals surface area contributed by atoms with Gasteiger partial charge in [0.05, 0.1) is 5.01 Å². The van der Waals surface area contributed by atoms with Crippen LogP contribution in [0.1, 0.15) is 71.1 Å². The Balaban J connectivity index is 1.36. The lowest BCUT2D eigenvalue weighted by Gasteiger charge is -2.31. The Morgan fingerprint density at radius 1 is 1.16 bits per heavy atom. The van der Waals surface area contributed by atoms with Crippen molar-refractivity contribution >= 4 is 29.1 Å². The summed E-state index contributed by atoms with van der Waals surface area (Å²) in [6.45, 7) is 8.12. The summed E-state index contributed by atoms with van der Waals surface area (Å²) in [4.78, 5) is 46.0. The SMILES string of the molecule is Cc1onc(-c2ccccc2)c1C(=O)N1CCC(c2nc(C(=O)N(C)CC(=O)OC(C)(C)C)cs2)CC1. The number of ether oxygens (including phenoxy) is 1. The normalized spacial score (nSPS) is 14.5. The lowest BCUT2D eigenvalue weighted by atomic mass is 9.96. The van der Waals surface area contributed by atoms with Gasteiger partial charge in [-0.2, -0.15) is 0 Å². The quantitative estimate of drug-likeness (QED) is 0.436. The minimum Gasteiger partial charge on any atom is -0.459 e. The molecule has 0 radical (unpaired) electrons. The molecule has 1 aliphatic rings. The molecule has 3 heterocycles. The smallest absolute Gasteiger partial charge is 0.326 e. The van der Waals surface area contributed by atoms with E-state index < -0.39 is 11.6 Å². The highest BCUT2D eigenvalue weighted by Gasteiger charge is 2.31. The largest absolute Gasteiger partial charge is 0.459 e. The van der Waals surface area contributed by atoms with Gasteiger partial charge >= 0.3 is 5.97 Å². The summed E-state index contributed by atoms with van der Waals surface area (Å²) in [5, 5.41) is 6.73. The summed E-state index contributed by atoms with van der Waals surface area (Å²) in [6, 6.07) is 9.54. The number of hydrogen-bond acceptors (Lipinski definition) is 8. The van der Waals surface area contributed by atoms with Gasteiger partial charge in [-0.05, 0) is 40.5 Å². The number of nitrogens with zero attached hydrogens (tertiary/aromatic N) is 4. The van der Waals surface area contributed by atoms with E-state index in [4.69, 9.17) is 9.26 Å². The van der Waals surface area contributed by atoms with Gasteiger partial charge in [0.1, 0.15) is 34.9 Å². The van der Waals surface area contributed by atoms with Gasteiger partial charge in [-0.15, -0.1) is 11.3 Å². The van der Waals surface area contributed by atoms with E-state index in [1.165, 1.54) is 16.2 Å². The number of aromatic nitrogens is 2. The van der Waals surface area contributed by atoms with Crippen LogP contribution in [0.2, 0.25) is 0 Å². The van der Waals surface area contributed by atoms with Crippen LogP contribution < -0.4 is 0 Å². The highest BCUT2D eigenvalue weighted by Crippen LogP contribution is 2.33. The average molecular weight is 525 g/mol. The van der Waals surface area contributed by atoms with Gasteiger partial charge in [0.2, 0.25) is 0 Å². The molecule has 1 fully saturated rings. The zero-order chi connectivity index (χ0) is 26.7. The summed E-state index contributed by atoms with van der Waals surface area (Å²) >= 11 is 1.44. The first-order chi connectivity index (χ1) is 17.5. The molecule has 0 aliphatic carbocycles. The number of thiazole rings is 1. The molecule has 1 aliphatic heterocycles. The number of rotatable bonds is 6. The topological polar surface area (TPSA) is 106 Å². The minimum atomic E-state index is -0.610. The molecular formula is C27H32N4O5S. The second kappa shape index (κ2) is 10.8. The first-order valence-corrected chi connectivity index (χ1v) is 13.1. The highest BCUT2D eigenvalue weighted by atomic mass is 32.1. The molecule has 2 aromatic heterocycles. The predicted molar refractivity (Wildman–Crippen MR) is 139 cm³/mol. The highest BCUT2D eigenvalue weighted by molar-refractivity contribution is 7.09. The first-order valence-electron chi connectivity index (χ1n) is 12.3. The van der Waals surface area contributed by atoms with Crippen molar-refractivity contribution in [2.24, 2.45) is 0 Å². The molecule has 0 bridgehead atoms. The van der Waals surface area contributed by atoms with Crippen molar-refractivity contribution in [1.82, 2.24) is 19.9 Å². The molecule has 1 saturated heterocycles. The van der Waals surface area contributed by atoms with Gasteiger partial charge in [-0.3, -0.25) is 14.4 Å². The van der Waals surface area contributed by atoms with Crippen LogP contribution >= 0.6 is 11.3 Å². The molecule has 0 N–H and O–H groups in total. The summed E-state index contributed by atoms with van der Waals surface area (Å²) in [5.74, 6) is -0.213. The van der Waals surface area contributed by atoms with Crippen molar-refractivity contribution in [1.29, 1.82) is 0 Å². The summed E-state index contributed by atoms with van der Waals surface area (Å²) < 4.78 is 10.7. The monoisotopic (exact) mass is 524 g/mol. The third kappa shape index (κ3) is 6.25. The van der Waals surface area contributed by atoms with Crippen LogP contribution in [0, 0.1) is 6.92 Å². The van der Waals surface area contributed by atoms with Gasteiger partial charge in [-0.25, -0.2) is 4.98 Å². The van der Waals surface area contributed by atoms with Crippen LogP contribution in [-0.2, 0) is 9.53 Å². The maximum atomic E-state index is 13.4. The molecule has 0 spiro atoms. The number of likely N-dealkylation sites (N-methyl/N-ethyl adjacent to an activating group) is 1. The third-order valence-corrected chi connectivity index (χ3v) is 7.14. The molecule has 4 rings (SSSR count). The fourth-order valence-corrected chi connectivity index (χ4v) is 5.28. The number of carbonyl (C=O) groups excluding carboxylic acids is 3. The van der Waals surface area contributed by atoms with E-state index in [-0.39, 0.29) is 24.3 Å². The Bertz CT molecular complexity index is 1270. The number of likely N-dealkylation sites (tertiary alicyclic amines) is 1. The molecule has 0 unspecified atom stereocenters. The lowest BCUT2D eigenvalue weighted by Crippen LogP contribution is -2.38. The maximum absolute atomic E-state index is 13.4. The first kappa shape index (κ1) is 26.5. The predicted octanol–water partition coefficient (Wildman–Crippen LogP) is 4.54. The van der Waals surface area contributed by atoms with Gasteiger partial charge in [0.25, 0.3) is 11.8 Å². The summed E-state index contributed by atoms with van der Waals surface area (Å²) in [6.07, 6.45) is 1.48. The van der Waals surface area contributed by atoms with Gasteiger partial charge in [0, 0.05) is 37.0 Å². The van der Waals surface area contributed by atoms with Crippen LogP contribution in [0.5, 0.6) is 0 Å². The van der Waals surface area contributed by atoms with E-state index in [1.54, 1.807) is 40.1 Å². The zero-order valence-electron chi connectivity index (χ0n) is 21.8. The minimum absolute atomic E-state index is 0.0881. The zero-order valence-corrected chi connectivity index (χ0v) is 22.6. The number of esters is 1. The van der Waals surface area contributed by atoms with Crippen LogP contribution in [0.15, 0.2) is 40.2 Å². The van der Waals surface area contributed by atoms with E-state index in [9.17, 15) is 14.4 Å². The van der Waals surface area contributed by atoms with Gasteiger partial charge in [-0.1, -0.05) is 35.5 Å². The number of amides is 2. The van der Waals surface area contributed by atoms with E-state index >= 15 is 0 Å². The number of hydrogen-bond donors (Lipinski definition) is 0. The number of carbonyl (C=O) groups is 3. The number of aryl methyl sites for hydroxylation is 1. The third-order valence-electron chi connectivity index (χ3n) is 6.13. The van der Waals surface area contributed by atoms with Crippen molar-refractivity contribution in [2.45, 2.75) is 52.1 Å². The molecule has 10 heteroatoms.